The SMILES string of the molecule is Cc1c(C=Cc2cccc3cc(C(C)NC(=O)c4c(N)nn5cccnc45)n(-c4ccccc4)c(=O)c23)cnn1C. The Labute approximate surface area is 235 Å². The van der Waals surface area contributed by atoms with Crippen molar-refractivity contribution in [1.29, 1.82) is 0 Å². The lowest BCUT2D eigenvalue weighted by atomic mass is 10.0. The van der Waals surface area contributed by atoms with Crippen LogP contribution in [0, 0.1) is 6.92 Å². The van der Waals surface area contributed by atoms with Crippen molar-refractivity contribution < 1.29 is 4.79 Å². The summed E-state index contributed by atoms with van der Waals surface area (Å²) in [6, 6.07) is 18.2. The highest BCUT2D eigenvalue weighted by molar-refractivity contribution is 6.04. The van der Waals surface area contributed by atoms with Gasteiger partial charge >= 0.3 is 0 Å². The first-order valence-electron chi connectivity index (χ1n) is 13.1. The molecule has 0 aliphatic heterocycles. The van der Waals surface area contributed by atoms with Gasteiger partial charge in [-0.2, -0.15) is 5.10 Å². The van der Waals surface area contributed by atoms with Gasteiger partial charge in [0.15, 0.2) is 11.5 Å². The summed E-state index contributed by atoms with van der Waals surface area (Å²) in [7, 11) is 1.89. The highest BCUT2D eigenvalue weighted by Crippen LogP contribution is 2.26. The van der Waals surface area contributed by atoms with Crippen LogP contribution < -0.4 is 16.6 Å². The second-order valence-electron chi connectivity index (χ2n) is 9.84. The third-order valence-corrected chi connectivity index (χ3v) is 7.28. The molecule has 0 bridgehead atoms. The summed E-state index contributed by atoms with van der Waals surface area (Å²) in [6.45, 7) is 3.83. The molecule has 0 aliphatic carbocycles. The Morgan fingerprint density at radius 2 is 1.83 bits per heavy atom. The Morgan fingerprint density at radius 1 is 1.05 bits per heavy atom. The number of pyridine rings is 1. The Morgan fingerprint density at radius 3 is 2.59 bits per heavy atom. The van der Waals surface area contributed by atoms with E-state index in [4.69, 9.17) is 5.73 Å². The van der Waals surface area contributed by atoms with E-state index in [0.717, 1.165) is 22.2 Å². The lowest BCUT2D eigenvalue weighted by Crippen LogP contribution is -2.32. The molecule has 0 saturated heterocycles. The summed E-state index contributed by atoms with van der Waals surface area (Å²) in [4.78, 5) is 32.0. The van der Waals surface area contributed by atoms with Gasteiger partial charge in [0, 0.05) is 42.1 Å². The summed E-state index contributed by atoms with van der Waals surface area (Å²) in [5.74, 6) is -0.355. The standard InChI is InChI=1S/C31H28N8O2/c1-19(35-30(40)27-28(32)36-38-16-8-15-33-29(27)38)25-17-22-10-7-9-21(13-14-23-18-34-37(3)20(23)2)26(22)31(41)39(25)24-11-5-4-6-12-24/h4-19H,1-3H3,(H2,32,36)(H,35,40). The summed E-state index contributed by atoms with van der Waals surface area (Å²) < 4.78 is 4.92. The molecule has 1 unspecified atom stereocenters. The van der Waals surface area contributed by atoms with Gasteiger partial charge in [-0.3, -0.25) is 18.8 Å². The number of amides is 1. The second-order valence-corrected chi connectivity index (χ2v) is 9.84. The molecule has 10 nitrogen and oxygen atoms in total. The van der Waals surface area contributed by atoms with Crippen molar-refractivity contribution >= 4 is 40.3 Å². The number of benzene rings is 2. The molecule has 0 fully saturated rings. The molecule has 4 aromatic heterocycles. The van der Waals surface area contributed by atoms with Crippen LogP contribution in [-0.2, 0) is 7.05 Å². The molecular weight excluding hydrogens is 516 g/mol. The summed E-state index contributed by atoms with van der Waals surface area (Å²) in [5, 5.41) is 12.8. The Hall–Kier alpha value is -5.51. The Kier molecular flexibility index (Phi) is 6.43. The number of fused-ring (bicyclic) bond motifs is 2. The zero-order chi connectivity index (χ0) is 28.7. The molecule has 6 aromatic rings. The predicted molar refractivity (Wildman–Crippen MR) is 160 cm³/mol. The van der Waals surface area contributed by atoms with E-state index < -0.39 is 11.9 Å². The lowest BCUT2D eigenvalue weighted by molar-refractivity contribution is 0.0941. The number of nitrogens with one attached hydrogen (secondary N) is 1. The van der Waals surface area contributed by atoms with E-state index in [1.807, 2.05) is 92.3 Å². The molecule has 0 radical (unpaired) electrons. The first-order chi connectivity index (χ1) is 19.8. The molecule has 1 amide bonds. The van der Waals surface area contributed by atoms with Gasteiger partial charge < -0.3 is 11.1 Å². The molecule has 10 heteroatoms. The Bertz CT molecular complexity index is 2020. The summed E-state index contributed by atoms with van der Waals surface area (Å²) in [6.07, 6.45) is 8.96. The van der Waals surface area contributed by atoms with Crippen LogP contribution in [0.1, 0.15) is 45.8 Å². The molecular formula is C31H28N8O2. The number of nitrogen functional groups attached to an aromatic ring is 1. The van der Waals surface area contributed by atoms with Crippen LogP contribution >= 0.6 is 0 Å². The molecule has 6 rings (SSSR count). The van der Waals surface area contributed by atoms with Crippen LogP contribution in [0.25, 0.3) is 34.3 Å². The smallest absolute Gasteiger partial charge is 0.263 e. The number of nitrogens with two attached hydrogens (primary N) is 1. The van der Waals surface area contributed by atoms with E-state index in [2.05, 4.69) is 20.5 Å². The lowest BCUT2D eigenvalue weighted by Gasteiger charge is -2.21. The minimum atomic E-state index is -0.560. The zero-order valence-corrected chi connectivity index (χ0v) is 22.8. The highest BCUT2D eigenvalue weighted by atomic mass is 16.2. The van der Waals surface area contributed by atoms with Crippen LogP contribution in [0.5, 0.6) is 0 Å². The van der Waals surface area contributed by atoms with Crippen molar-refractivity contribution in [3.05, 3.63) is 118 Å². The van der Waals surface area contributed by atoms with Crippen LogP contribution in [0.15, 0.2) is 84.0 Å². The molecule has 41 heavy (non-hydrogen) atoms. The molecule has 4 heterocycles. The van der Waals surface area contributed by atoms with Crippen molar-refractivity contribution in [3.8, 4) is 5.69 Å². The number of hydrogen-bond acceptors (Lipinski definition) is 6. The van der Waals surface area contributed by atoms with E-state index in [0.29, 0.717) is 22.4 Å². The van der Waals surface area contributed by atoms with Crippen molar-refractivity contribution in [2.24, 2.45) is 7.05 Å². The fraction of sp³-hybridized carbons (Fsp3) is 0.129. The average Bonchev–Trinajstić information content (AvgIpc) is 3.49. The number of para-hydroxylation sites is 1. The van der Waals surface area contributed by atoms with Gasteiger partial charge in [0.05, 0.1) is 17.6 Å². The quantitative estimate of drug-likeness (QED) is 0.322. The van der Waals surface area contributed by atoms with E-state index in [-0.39, 0.29) is 16.9 Å². The van der Waals surface area contributed by atoms with Crippen LogP contribution in [0.3, 0.4) is 0 Å². The minimum absolute atomic E-state index is 0.0765. The number of hydrogen-bond donors (Lipinski definition) is 2. The largest absolute Gasteiger partial charge is 0.381 e. The van der Waals surface area contributed by atoms with E-state index in [1.54, 1.807) is 29.2 Å². The van der Waals surface area contributed by atoms with Gasteiger partial charge in [0.25, 0.3) is 11.5 Å². The minimum Gasteiger partial charge on any atom is -0.381 e. The van der Waals surface area contributed by atoms with Gasteiger partial charge in [-0.15, -0.1) is 5.10 Å². The van der Waals surface area contributed by atoms with Crippen LogP contribution in [0.4, 0.5) is 5.82 Å². The third-order valence-electron chi connectivity index (χ3n) is 7.28. The van der Waals surface area contributed by atoms with Gasteiger partial charge in [-0.05, 0) is 49.1 Å². The van der Waals surface area contributed by atoms with Crippen molar-refractivity contribution in [3.63, 3.8) is 0 Å². The van der Waals surface area contributed by atoms with Crippen LogP contribution in [0.2, 0.25) is 0 Å². The first kappa shape index (κ1) is 25.8. The predicted octanol–water partition coefficient (Wildman–Crippen LogP) is 4.32. The third kappa shape index (κ3) is 4.55. The number of nitrogens with zero attached hydrogens (tertiary/aromatic N) is 6. The molecule has 0 saturated carbocycles. The number of anilines is 1. The zero-order valence-electron chi connectivity index (χ0n) is 22.8. The van der Waals surface area contributed by atoms with E-state index in [9.17, 15) is 9.59 Å². The number of carbonyl (C=O) groups excluding carboxylic acids is 1. The number of aryl methyl sites for hydroxylation is 1. The maximum absolute atomic E-state index is 14.3. The monoisotopic (exact) mass is 544 g/mol. The fourth-order valence-electron chi connectivity index (χ4n) is 5.03. The van der Waals surface area contributed by atoms with Gasteiger partial charge in [-0.1, -0.05) is 48.6 Å². The highest BCUT2D eigenvalue weighted by Gasteiger charge is 2.24. The maximum Gasteiger partial charge on any atom is 0.263 e. The van der Waals surface area contributed by atoms with Gasteiger partial charge in [0.2, 0.25) is 0 Å². The topological polar surface area (TPSA) is 125 Å². The van der Waals surface area contributed by atoms with Gasteiger partial charge in [-0.25, -0.2) is 9.50 Å². The van der Waals surface area contributed by atoms with E-state index >= 15 is 0 Å². The molecule has 204 valence electrons. The molecule has 2 aromatic carbocycles. The van der Waals surface area contributed by atoms with Crippen molar-refractivity contribution in [2.75, 3.05) is 5.73 Å². The van der Waals surface area contributed by atoms with E-state index in [1.165, 1.54) is 4.52 Å². The summed E-state index contributed by atoms with van der Waals surface area (Å²) in [5.41, 5.74) is 10.5. The molecule has 0 aliphatic rings. The van der Waals surface area contributed by atoms with Gasteiger partial charge in [0.1, 0.15) is 5.56 Å². The summed E-state index contributed by atoms with van der Waals surface area (Å²) >= 11 is 0. The van der Waals surface area contributed by atoms with Crippen molar-refractivity contribution in [1.82, 2.24) is 34.3 Å². The molecule has 3 N–H and O–H groups in total. The number of aromatic nitrogens is 6. The Balaban J connectivity index is 1.47. The molecule has 0 spiro atoms. The number of carbonyl (C=O) groups is 1. The fourth-order valence-corrected chi connectivity index (χ4v) is 5.03. The second kappa shape index (κ2) is 10.2. The number of rotatable bonds is 6. The van der Waals surface area contributed by atoms with Crippen LogP contribution in [-0.4, -0.2) is 34.9 Å². The maximum atomic E-state index is 14.3. The molecule has 1 atom stereocenters. The first-order valence-corrected chi connectivity index (χ1v) is 13.1. The normalized spacial score (nSPS) is 12.4. The average molecular weight is 545 g/mol. The van der Waals surface area contributed by atoms with Crippen molar-refractivity contribution in [2.45, 2.75) is 19.9 Å².